The molecule has 0 amide bonds. The Balaban J connectivity index is 1.72. The Labute approximate surface area is 197 Å². The van der Waals surface area contributed by atoms with Crippen LogP contribution in [0.3, 0.4) is 0 Å². The maximum Gasteiger partial charge on any atom is 0.310 e. The van der Waals surface area contributed by atoms with E-state index < -0.39 is 35.2 Å². The molecule has 0 radical (unpaired) electrons. The molecule has 1 fully saturated rings. The van der Waals surface area contributed by atoms with Crippen molar-refractivity contribution in [3.63, 3.8) is 0 Å². The van der Waals surface area contributed by atoms with Gasteiger partial charge in [-0.1, -0.05) is 91.0 Å². The molecule has 0 unspecified atom stereocenters. The van der Waals surface area contributed by atoms with Crippen LogP contribution in [-0.2, 0) is 19.9 Å². The third-order valence-electron chi connectivity index (χ3n) is 6.68. The van der Waals surface area contributed by atoms with Gasteiger partial charge >= 0.3 is 11.9 Å². The van der Waals surface area contributed by atoms with Crippen LogP contribution in [0.4, 0.5) is 0 Å². The number of esters is 1. The summed E-state index contributed by atoms with van der Waals surface area (Å²) in [5.41, 5.74) is 2.92. The second-order valence-corrected chi connectivity index (χ2v) is 8.45. The predicted octanol–water partition coefficient (Wildman–Crippen LogP) is 4.31. The van der Waals surface area contributed by atoms with E-state index in [4.69, 9.17) is 4.74 Å². The van der Waals surface area contributed by atoms with E-state index in [0.717, 1.165) is 16.7 Å². The van der Waals surface area contributed by atoms with Gasteiger partial charge in [0.05, 0.1) is 31.0 Å². The van der Waals surface area contributed by atoms with Crippen molar-refractivity contribution in [1.29, 1.82) is 0 Å². The number of methoxy groups -OCH3 is 1. The molecule has 0 spiro atoms. The van der Waals surface area contributed by atoms with Crippen molar-refractivity contribution >= 4 is 11.9 Å². The molecule has 34 heavy (non-hydrogen) atoms. The number of imidazole rings is 1. The summed E-state index contributed by atoms with van der Waals surface area (Å²) in [7, 11) is 1.28. The van der Waals surface area contributed by atoms with E-state index in [1.54, 1.807) is 6.33 Å². The number of hydrogen-bond donors (Lipinski definition) is 1. The van der Waals surface area contributed by atoms with Crippen LogP contribution in [0.5, 0.6) is 0 Å². The van der Waals surface area contributed by atoms with Crippen LogP contribution in [0.15, 0.2) is 104 Å². The summed E-state index contributed by atoms with van der Waals surface area (Å²) in [6.07, 6.45) is 3.60. The van der Waals surface area contributed by atoms with Gasteiger partial charge in [0.25, 0.3) is 0 Å². The number of hydrogen-bond acceptors (Lipinski definition) is 4. The molecule has 6 nitrogen and oxygen atoms in total. The maximum atomic E-state index is 12.2. The molecule has 1 N–H and O–H groups in total. The smallest absolute Gasteiger partial charge is 0.310 e. The fourth-order valence-electron chi connectivity index (χ4n) is 5.09. The van der Waals surface area contributed by atoms with E-state index in [9.17, 15) is 14.7 Å². The summed E-state index contributed by atoms with van der Waals surface area (Å²) in [6.45, 7) is 0. The molecular formula is C28H24N2O4. The maximum absolute atomic E-state index is 12.2. The minimum Gasteiger partial charge on any atom is -0.481 e. The van der Waals surface area contributed by atoms with Gasteiger partial charge in [-0.25, -0.2) is 4.98 Å². The van der Waals surface area contributed by atoms with E-state index >= 15 is 0 Å². The van der Waals surface area contributed by atoms with Gasteiger partial charge in [-0.05, 0) is 16.7 Å². The largest absolute Gasteiger partial charge is 0.481 e. The van der Waals surface area contributed by atoms with E-state index in [1.165, 1.54) is 7.11 Å². The van der Waals surface area contributed by atoms with Crippen molar-refractivity contribution in [3.05, 3.63) is 126 Å². The SMILES string of the molecule is COC(=O)[C@@H]1[C@@H](C(=O)O)[C@@H]1c1cn(C(c2ccccc2)(c2ccccc2)c2ccccc2)cn1. The molecule has 1 heterocycles. The number of ether oxygens (including phenoxy) is 1. The number of carboxylic acid groups (broad SMARTS) is 1. The highest BCUT2D eigenvalue weighted by molar-refractivity contribution is 5.89. The zero-order valence-electron chi connectivity index (χ0n) is 18.6. The van der Waals surface area contributed by atoms with Crippen LogP contribution in [0.25, 0.3) is 0 Å². The Bertz CT molecular complexity index is 1210. The van der Waals surface area contributed by atoms with Gasteiger partial charge in [0.15, 0.2) is 0 Å². The van der Waals surface area contributed by atoms with E-state index in [2.05, 4.69) is 41.4 Å². The van der Waals surface area contributed by atoms with Crippen molar-refractivity contribution in [1.82, 2.24) is 9.55 Å². The molecule has 4 aromatic rings. The summed E-state index contributed by atoms with van der Waals surface area (Å²) in [4.78, 5) is 28.6. The molecule has 0 saturated heterocycles. The Hall–Kier alpha value is -4.19. The number of carbonyl (C=O) groups is 2. The third kappa shape index (κ3) is 3.39. The van der Waals surface area contributed by atoms with E-state index in [0.29, 0.717) is 5.69 Å². The lowest BCUT2D eigenvalue weighted by Gasteiger charge is -2.37. The molecule has 1 aliphatic carbocycles. The summed E-state index contributed by atoms with van der Waals surface area (Å²) >= 11 is 0. The molecule has 1 aliphatic rings. The zero-order chi connectivity index (χ0) is 23.7. The molecule has 1 aromatic heterocycles. The minimum atomic E-state index is -1.02. The molecule has 1 saturated carbocycles. The van der Waals surface area contributed by atoms with Gasteiger partial charge in [-0.15, -0.1) is 0 Å². The van der Waals surface area contributed by atoms with Crippen molar-refractivity contribution < 1.29 is 19.4 Å². The second kappa shape index (κ2) is 8.63. The number of carbonyl (C=O) groups excluding carboxylic acids is 1. The first-order valence-electron chi connectivity index (χ1n) is 11.1. The molecule has 6 heteroatoms. The number of rotatable bonds is 7. The van der Waals surface area contributed by atoms with Crippen molar-refractivity contribution in [2.24, 2.45) is 11.8 Å². The molecule has 170 valence electrons. The lowest BCUT2D eigenvalue weighted by molar-refractivity contribution is -0.146. The van der Waals surface area contributed by atoms with E-state index in [-0.39, 0.29) is 0 Å². The van der Waals surface area contributed by atoms with Gasteiger partial charge in [0, 0.05) is 12.1 Å². The Morgan fingerprint density at radius 2 is 1.29 bits per heavy atom. The number of aromatic nitrogens is 2. The minimum absolute atomic E-state index is 0.521. The average Bonchev–Trinajstić information content (AvgIpc) is 3.46. The van der Waals surface area contributed by atoms with Crippen LogP contribution in [0.1, 0.15) is 28.3 Å². The summed E-state index contributed by atoms with van der Waals surface area (Å²) in [6, 6.07) is 30.4. The average molecular weight is 453 g/mol. The van der Waals surface area contributed by atoms with E-state index in [1.807, 2.05) is 65.4 Å². The summed E-state index contributed by atoms with van der Waals surface area (Å²) in [5, 5.41) is 9.66. The van der Waals surface area contributed by atoms with Gasteiger partial charge in [0.2, 0.25) is 0 Å². The molecule has 0 bridgehead atoms. The van der Waals surface area contributed by atoms with Gasteiger partial charge in [-0.3, -0.25) is 9.59 Å². The number of carboxylic acids is 1. The number of aliphatic carboxylic acids is 1. The third-order valence-corrected chi connectivity index (χ3v) is 6.68. The first kappa shape index (κ1) is 21.6. The van der Waals surface area contributed by atoms with Crippen LogP contribution in [0.2, 0.25) is 0 Å². The molecule has 0 aliphatic heterocycles. The lowest BCUT2D eigenvalue weighted by atomic mass is 9.77. The monoisotopic (exact) mass is 452 g/mol. The zero-order valence-corrected chi connectivity index (χ0v) is 18.6. The number of nitrogens with zero attached hydrogens (tertiary/aromatic N) is 2. The molecular weight excluding hydrogens is 428 g/mol. The second-order valence-electron chi connectivity index (χ2n) is 8.45. The van der Waals surface area contributed by atoms with Crippen molar-refractivity contribution in [3.8, 4) is 0 Å². The Morgan fingerprint density at radius 1 is 0.824 bits per heavy atom. The van der Waals surface area contributed by atoms with Crippen LogP contribution in [0, 0.1) is 11.8 Å². The first-order chi connectivity index (χ1) is 16.6. The van der Waals surface area contributed by atoms with Crippen molar-refractivity contribution in [2.75, 3.05) is 7.11 Å². The van der Waals surface area contributed by atoms with Crippen molar-refractivity contribution in [2.45, 2.75) is 11.5 Å². The van der Waals surface area contributed by atoms with Crippen LogP contribution in [-0.4, -0.2) is 33.7 Å². The molecule has 3 aromatic carbocycles. The van der Waals surface area contributed by atoms with Gasteiger partial charge in [0.1, 0.15) is 5.54 Å². The topological polar surface area (TPSA) is 81.4 Å². The summed E-state index contributed by atoms with van der Waals surface area (Å²) in [5.74, 6) is -3.63. The highest BCUT2D eigenvalue weighted by Crippen LogP contribution is 2.54. The highest BCUT2D eigenvalue weighted by atomic mass is 16.5. The fourth-order valence-corrected chi connectivity index (χ4v) is 5.09. The van der Waals surface area contributed by atoms with Gasteiger partial charge < -0.3 is 14.4 Å². The Morgan fingerprint density at radius 3 is 1.71 bits per heavy atom. The van der Waals surface area contributed by atoms with Crippen LogP contribution >= 0.6 is 0 Å². The highest BCUT2D eigenvalue weighted by Gasteiger charge is 2.62. The number of benzene rings is 3. The lowest BCUT2D eigenvalue weighted by Crippen LogP contribution is -2.36. The molecule has 5 rings (SSSR count). The standard InChI is InChI=1S/C28H24N2O4/c1-34-27(33)25-23(24(25)26(31)32)22-17-30(18-29-22)28(19-11-5-2-6-12-19,20-13-7-3-8-14-20)21-15-9-4-10-16-21/h2-18,23-25H,1H3,(H,31,32)/t23-,24-,25-/m0/s1. The summed E-state index contributed by atoms with van der Waals surface area (Å²) < 4.78 is 6.87. The first-order valence-corrected chi connectivity index (χ1v) is 11.1. The van der Waals surface area contributed by atoms with Crippen LogP contribution < -0.4 is 0 Å². The molecule has 3 atom stereocenters. The fraction of sp³-hybridized carbons (Fsp3) is 0.179. The van der Waals surface area contributed by atoms with Gasteiger partial charge in [-0.2, -0.15) is 0 Å². The predicted molar refractivity (Wildman–Crippen MR) is 126 cm³/mol. The quantitative estimate of drug-likeness (QED) is 0.334. The normalized spacial score (nSPS) is 19.4. The Kier molecular flexibility index (Phi) is 5.49.